The van der Waals surface area contributed by atoms with Crippen LogP contribution in [0.5, 0.6) is 0 Å². The first-order chi connectivity index (χ1) is 16.2. The van der Waals surface area contributed by atoms with Crippen LogP contribution in [0.15, 0.2) is 11.6 Å². The topological polar surface area (TPSA) is 113 Å². The van der Waals surface area contributed by atoms with Crippen molar-refractivity contribution in [3.63, 3.8) is 0 Å². The number of carbonyl (C=O) groups excluding carboxylic acids is 2. The molecule has 4 aliphatic rings. The largest absolute Gasteiger partial charge is 0.462 e. The lowest BCUT2D eigenvalue weighted by Gasteiger charge is -2.66. The first kappa shape index (κ1) is 26.6. The van der Waals surface area contributed by atoms with Gasteiger partial charge in [0.2, 0.25) is 0 Å². The molecule has 10 atom stereocenters. The molecule has 35 heavy (non-hydrogen) atoms. The lowest BCUT2D eigenvalue weighted by Crippen LogP contribution is -2.72. The molecule has 4 aliphatic carbocycles. The van der Waals surface area contributed by atoms with Gasteiger partial charge >= 0.3 is 11.9 Å². The van der Waals surface area contributed by atoms with Crippen molar-refractivity contribution >= 4 is 11.9 Å². The van der Waals surface area contributed by atoms with Gasteiger partial charge in [0.15, 0.2) is 0 Å². The van der Waals surface area contributed by atoms with Gasteiger partial charge in [0.25, 0.3) is 0 Å². The average Bonchev–Trinajstić information content (AvgIpc) is 3.02. The van der Waals surface area contributed by atoms with Gasteiger partial charge in [-0.2, -0.15) is 0 Å². The van der Waals surface area contributed by atoms with Gasteiger partial charge in [0.1, 0.15) is 17.8 Å². The number of esters is 2. The predicted molar refractivity (Wildman–Crippen MR) is 130 cm³/mol. The maximum Gasteiger partial charge on any atom is 0.333 e. The third-order valence-electron chi connectivity index (χ3n) is 11.1. The van der Waals surface area contributed by atoms with Gasteiger partial charge in [-0.05, 0) is 95.3 Å². The molecule has 7 nitrogen and oxygen atoms in total. The summed E-state index contributed by atoms with van der Waals surface area (Å²) in [6, 6.07) is 0. The molecule has 0 aromatic heterocycles. The van der Waals surface area contributed by atoms with Crippen molar-refractivity contribution in [2.75, 3.05) is 0 Å². The van der Waals surface area contributed by atoms with Crippen molar-refractivity contribution < 1.29 is 34.4 Å². The minimum absolute atomic E-state index is 0.0648. The molecular formula is C28H44O7. The number of carbonyl (C=O) groups is 2. The lowest BCUT2D eigenvalue weighted by molar-refractivity contribution is -0.290. The minimum atomic E-state index is -1.56. The number of hydrogen-bond acceptors (Lipinski definition) is 7. The zero-order chi connectivity index (χ0) is 26.0. The highest BCUT2D eigenvalue weighted by Crippen LogP contribution is 2.71. The van der Waals surface area contributed by atoms with Gasteiger partial charge < -0.3 is 24.8 Å². The van der Waals surface area contributed by atoms with Crippen LogP contribution in [0, 0.1) is 28.6 Å². The smallest absolute Gasteiger partial charge is 0.333 e. The first-order valence-electron chi connectivity index (χ1n) is 13.4. The second kappa shape index (κ2) is 8.84. The Balaban J connectivity index is 1.75. The molecule has 0 aromatic carbocycles. The highest BCUT2D eigenvalue weighted by atomic mass is 16.6. The van der Waals surface area contributed by atoms with Crippen molar-refractivity contribution in [2.45, 2.75) is 122 Å². The SMILES string of the molecule is C/C=C(\C)C(=O)O[C@@H](C)[C@]1(O)CC[C@]2(O)[C@@H]3CC[C@H]4C[C@@H](O)CC[C@]4(C)[C@H]3C[C@@H](OC(C)=O)[C@]12C. The van der Waals surface area contributed by atoms with E-state index in [0.717, 1.165) is 32.1 Å². The van der Waals surface area contributed by atoms with E-state index < -0.39 is 40.8 Å². The van der Waals surface area contributed by atoms with Crippen LogP contribution < -0.4 is 0 Å². The van der Waals surface area contributed by atoms with Gasteiger partial charge in [0, 0.05) is 12.5 Å². The zero-order valence-corrected chi connectivity index (χ0v) is 22.2. The van der Waals surface area contributed by atoms with Gasteiger partial charge in [-0.15, -0.1) is 0 Å². The van der Waals surface area contributed by atoms with Crippen LogP contribution in [-0.2, 0) is 19.1 Å². The molecule has 0 bridgehead atoms. The molecule has 0 amide bonds. The molecule has 7 heteroatoms. The molecule has 3 N–H and O–H groups in total. The van der Waals surface area contributed by atoms with Crippen LogP contribution in [0.2, 0.25) is 0 Å². The molecule has 0 unspecified atom stereocenters. The summed E-state index contributed by atoms with van der Waals surface area (Å²) in [4.78, 5) is 24.9. The summed E-state index contributed by atoms with van der Waals surface area (Å²) in [5, 5.41) is 35.1. The monoisotopic (exact) mass is 492 g/mol. The molecule has 0 aliphatic heterocycles. The molecular weight excluding hydrogens is 448 g/mol. The summed E-state index contributed by atoms with van der Waals surface area (Å²) < 4.78 is 11.6. The van der Waals surface area contributed by atoms with E-state index >= 15 is 0 Å². The van der Waals surface area contributed by atoms with E-state index in [1.54, 1.807) is 26.8 Å². The molecule has 198 valence electrons. The minimum Gasteiger partial charge on any atom is -0.462 e. The van der Waals surface area contributed by atoms with Crippen LogP contribution in [-0.4, -0.2) is 56.8 Å². The molecule has 0 aromatic rings. The molecule has 4 saturated carbocycles. The number of aliphatic hydroxyl groups is 3. The van der Waals surface area contributed by atoms with Crippen LogP contribution in [0.1, 0.15) is 92.9 Å². The van der Waals surface area contributed by atoms with E-state index in [1.165, 1.54) is 6.92 Å². The van der Waals surface area contributed by atoms with Crippen LogP contribution in [0.3, 0.4) is 0 Å². The van der Waals surface area contributed by atoms with Crippen molar-refractivity contribution in [3.05, 3.63) is 11.6 Å². The summed E-state index contributed by atoms with van der Waals surface area (Å²) in [7, 11) is 0. The molecule has 4 rings (SSSR count). The van der Waals surface area contributed by atoms with E-state index in [-0.39, 0.29) is 29.8 Å². The van der Waals surface area contributed by atoms with Gasteiger partial charge in [0.05, 0.1) is 17.1 Å². The summed E-state index contributed by atoms with van der Waals surface area (Å²) in [6.45, 7) is 10.6. The highest BCUT2D eigenvalue weighted by molar-refractivity contribution is 5.87. The standard InChI is InChI=1S/C28H44O7/c1-7-16(2)24(31)34-17(3)27(32)12-13-28(33)21-9-8-19-14-20(30)10-11-25(19,5)22(21)15-23(26(27,28)6)35-18(4)29/h7,17,19-23,30,32-33H,8-15H2,1-6H3/b16-7+/t17-,19-,20-,21+,22-,23+,25-,26+,27+,28-/m0/s1. The summed E-state index contributed by atoms with van der Waals surface area (Å²) in [5.41, 5.74) is -3.65. The first-order valence-corrected chi connectivity index (χ1v) is 13.4. The van der Waals surface area contributed by atoms with E-state index in [1.807, 2.05) is 6.92 Å². The second-order valence-corrected chi connectivity index (χ2v) is 12.3. The Kier molecular flexibility index (Phi) is 6.73. The Morgan fingerprint density at radius 3 is 2.31 bits per heavy atom. The van der Waals surface area contributed by atoms with E-state index in [0.29, 0.717) is 24.3 Å². The summed E-state index contributed by atoms with van der Waals surface area (Å²) in [6.07, 6.45) is 5.05. The van der Waals surface area contributed by atoms with Crippen LogP contribution >= 0.6 is 0 Å². The summed E-state index contributed by atoms with van der Waals surface area (Å²) >= 11 is 0. The maximum absolute atomic E-state index is 12.6. The number of hydrogen-bond donors (Lipinski definition) is 3. The van der Waals surface area contributed by atoms with Crippen molar-refractivity contribution in [3.8, 4) is 0 Å². The molecule has 0 saturated heterocycles. The van der Waals surface area contributed by atoms with Gasteiger partial charge in [-0.25, -0.2) is 4.79 Å². The van der Waals surface area contributed by atoms with Crippen molar-refractivity contribution in [1.29, 1.82) is 0 Å². The quantitative estimate of drug-likeness (QED) is 0.405. The third-order valence-corrected chi connectivity index (χ3v) is 11.1. The normalized spacial score (nSPS) is 48.3. The maximum atomic E-state index is 12.6. The fraction of sp³-hybridized carbons (Fsp3) is 0.857. The number of ether oxygens (including phenoxy) is 2. The zero-order valence-electron chi connectivity index (χ0n) is 22.2. The second-order valence-electron chi connectivity index (χ2n) is 12.3. The van der Waals surface area contributed by atoms with E-state index in [4.69, 9.17) is 9.47 Å². The lowest BCUT2D eigenvalue weighted by atomic mass is 9.42. The van der Waals surface area contributed by atoms with Gasteiger partial charge in [-0.3, -0.25) is 4.79 Å². The Labute approximate surface area is 209 Å². The Bertz CT molecular complexity index is 900. The Hall–Kier alpha value is -1.44. The average molecular weight is 493 g/mol. The van der Waals surface area contributed by atoms with Crippen molar-refractivity contribution in [1.82, 2.24) is 0 Å². The third kappa shape index (κ3) is 3.71. The van der Waals surface area contributed by atoms with Crippen LogP contribution in [0.25, 0.3) is 0 Å². The van der Waals surface area contributed by atoms with Crippen molar-refractivity contribution in [2.24, 2.45) is 28.6 Å². The molecule has 0 radical (unpaired) electrons. The predicted octanol–water partition coefficient (Wildman–Crippen LogP) is 3.68. The molecule has 4 fully saturated rings. The van der Waals surface area contributed by atoms with E-state index in [9.17, 15) is 24.9 Å². The molecule has 0 heterocycles. The Morgan fingerprint density at radius 1 is 1.00 bits per heavy atom. The van der Waals surface area contributed by atoms with Gasteiger partial charge in [-0.1, -0.05) is 19.9 Å². The Morgan fingerprint density at radius 2 is 1.69 bits per heavy atom. The number of fused-ring (bicyclic) bond motifs is 5. The van der Waals surface area contributed by atoms with E-state index in [2.05, 4.69) is 6.92 Å². The number of rotatable bonds is 4. The fourth-order valence-electron chi connectivity index (χ4n) is 8.71. The number of allylic oxidation sites excluding steroid dienone is 1. The molecule has 0 spiro atoms. The fourth-order valence-corrected chi connectivity index (χ4v) is 8.71. The highest BCUT2D eigenvalue weighted by Gasteiger charge is 2.77. The van der Waals surface area contributed by atoms with Crippen LogP contribution in [0.4, 0.5) is 0 Å². The summed E-state index contributed by atoms with van der Waals surface area (Å²) in [5.74, 6) is -0.537. The number of aliphatic hydroxyl groups excluding tert-OH is 1.